The molecule has 19 heavy (non-hydrogen) atoms. The molecular formula is C14H26N4O. The Labute approximate surface area is 115 Å². The summed E-state index contributed by atoms with van der Waals surface area (Å²) >= 11 is 0. The molecule has 0 saturated carbocycles. The first-order valence-corrected chi connectivity index (χ1v) is 7.50. The van der Waals surface area contributed by atoms with E-state index in [9.17, 15) is 0 Å². The number of hydrogen-bond acceptors (Lipinski definition) is 5. The van der Waals surface area contributed by atoms with E-state index in [1.54, 1.807) is 0 Å². The third-order valence-electron chi connectivity index (χ3n) is 3.63. The summed E-state index contributed by atoms with van der Waals surface area (Å²) in [4.78, 5) is 2.28. The topological polar surface area (TPSA) is 54.2 Å². The zero-order chi connectivity index (χ0) is 13.7. The Balaban J connectivity index is 1.91. The van der Waals surface area contributed by atoms with Crippen molar-refractivity contribution in [2.45, 2.75) is 59.0 Å². The van der Waals surface area contributed by atoms with Crippen molar-refractivity contribution in [2.75, 3.05) is 18.0 Å². The fourth-order valence-corrected chi connectivity index (χ4v) is 2.58. The zero-order valence-corrected chi connectivity index (χ0v) is 12.4. The van der Waals surface area contributed by atoms with E-state index in [1.807, 2.05) is 0 Å². The largest absolute Gasteiger partial charge is 0.407 e. The fraction of sp³-hybridized carbons (Fsp3) is 0.857. The van der Waals surface area contributed by atoms with Crippen LogP contribution in [0.3, 0.4) is 0 Å². The SMILES string of the molecule is CCC1CCCCN1c1nnc(CNCC(C)C)o1. The minimum Gasteiger partial charge on any atom is -0.407 e. The van der Waals surface area contributed by atoms with Crippen LogP contribution in [0.2, 0.25) is 0 Å². The minimum absolute atomic E-state index is 0.561. The summed E-state index contributed by atoms with van der Waals surface area (Å²) in [6.45, 7) is 9.27. The molecule has 0 amide bonds. The first-order chi connectivity index (χ1) is 9.20. The van der Waals surface area contributed by atoms with Crippen LogP contribution in [0, 0.1) is 5.92 Å². The maximum atomic E-state index is 5.78. The molecule has 1 fully saturated rings. The van der Waals surface area contributed by atoms with Crippen LogP contribution < -0.4 is 10.2 Å². The van der Waals surface area contributed by atoms with Gasteiger partial charge in [-0.15, -0.1) is 5.10 Å². The lowest BCUT2D eigenvalue weighted by atomic mass is 10.0. The first kappa shape index (κ1) is 14.3. The van der Waals surface area contributed by atoms with Gasteiger partial charge >= 0.3 is 6.01 Å². The molecular weight excluding hydrogens is 240 g/mol. The summed E-state index contributed by atoms with van der Waals surface area (Å²) < 4.78 is 5.78. The highest BCUT2D eigenvalue weighted by atomic mass is 16.4. The average Bonchev–Trinajstić information content (AvgIpc) is 2.87. The van der Waals surface area contributed by atoms with E-state index in [0.29, 0.717) is 30.4 Å². The Kier molecular flexibility index (Phi) is 5.19. The summed E-state index contributed by atoms with van der Waals surface area (Å²) in [5, 5.41) is 11.7. The monoisotopic (exact) mass is 266 g/mol. The highest BCUT2D eigenvalue weighted by Crippen LogP contribution is 2.25. The maximum absolute atomic E-state index is 5.78. The van der Waals surface area contributed by atoms with Crippen LogP contribution in [-0.4, -0.2) is 29.3 Å². The Hall–Kier alpha value is -1.10. The molecule has 1 atom stereocenters. The highest BCUT2D eigenvalue weighted by Gasteiger charge is 2.25. The smallest absolute Gasteiger partial charge is 0.318 e. The van der Waals surface area contributed by atoms with Crippen molar-refractivity contribution in [3.05, 3.63) is 5.89 Å². The molecule has 0 bridgehead atoms. The van der Waals surface area contributed by atoms with Crippen molar-refractivity contribution in [1.29, 1.82) is 0 Å². The molecule has 2 rings (SSSR count). The molecule has 1 aliphatic rings. The van der Waals surface area contributed by atoms with E-state index in [4.69, 9.17) is 4.42 Å². The van der Waals surface area contributed by atoms with Crippen LogP contribution in [0.1, 0.15) is 52.3 Å². The second kappa shape index (κ2) is 6.89. The lowest BCUT2D eigenvalue weighted by Crippen LogP contribution is -2.39. The number of rotatable bonds is 6. The Bertz CT molecular complexity index is 377. The van der Waals surface area contributed by atoms with Crippen molar-refractivity contribution < 1.29 is 4.42 Å². The van der Waals surface area contributed by atoms with E-state index in [2.05, 4.69) is 41.2 Å². The number of anilines is 1. The van der Waals surface area contributed by atoms with Gasteiger partial charge in [0, 0.05) is 12.6 Å². The fourth-order valence-electron chi connectivity index (χ4n) is 2.58. The predicted molar refractivity (Wildman–Crippen MR) is 76.1 cm³/mol. The van der Waals surface area contributed by atoms with Gasteiger partial charge in [-0.25, -0.2) is 0 Å². The van der Waals surface area contributed by atoms with Crippen molar-refractivity contribution in [1.82, 2.24) is 15.5 Å². The molecule has 1 saturated heterocycles. The molecule has 1 aromatic rings. The second-order valence-electron chi connectivity index (χ2n) is 5.75. The van der Waals surface area contributed by atoms with Gasteiger partial charge in [-0.05, 0) is 38.1 Å². The van der Waals surface area contributed by atoms with Gasteiger partial charge in [0.15, 0.2) is 0 Å². The van der Waals surface area contributed by atoms with Crippen LogP contribution >= 0.6 is 0 Å². The first-order valence-electron chi connectivity index (χ1n) is 7.50. The molecule has 1 unspecified atom stereocenters. The molecule has 1 aromatic heterocycles. The summed E-state index contributed by atoms with van der Waals surface area (Å²) in [7, 11) is 0. The molecule has 108 valence electrons. The Morgan fingerprint density at radius 2 is 2.21 bits per heavy atom. The van der Waals surface area contributed by atoms with Gasteiger partial charge in [-0.2, -0.15) is 0 Å². The lowest BCUT2D eigenvalue weighted by molar-refractivity contribution is 0.393. The average molecular weight is 266 g/mol. The standard InChI is InChI=1S/C14H26N4O/c1-4-12-7-5-6-8-18(12)14-17-16-13(19-14)10-15-9-11(2)3/h11-12,15H,4-10H2,1-3H3. The maximum Gasteiger partial charge on any atom is 0.318 e. The molecule has 5 heteroatoms. The molecule has 0 aromatic carbocycles. The van der Waals surface area contributed by atoms with Crippen LogP contribution in [-0.2, 0) is 6.54 Å². The van der Waals surface area contributed by atoms with E-state index < -0.39 is 0 Å². The Morgan fingerprint density at radius 1 is 1.37 bits per heavy atom. The van der Waals surface area contributed by atoms with Crippen molar-refractivity contribution in [2.24, 2.45) is 5.92 Å². The third kappa shape index (κ3) is 3.93. The van der Waals surface area contributed by atoms with Crippen LogP contribution in [0.5, 0.6) is 0 Å². The quantitative estimate of drug-likeness (QED) is 0.857. The van der Waals surface area contributed by atoms with Gasteiger partial charge < -0.3 is 14.6 Å². The normalized spacial score (nSPS) is 20.2. The van der Waals surface area contributed by atoms with Gasteiger partial charge in [-0.3, -0.25) is 0 Å². The van der Waals surface area contributed by atoms with Crippen LogP contribution in [0.15, 0.2) is 4.42 Å². The summed E-state index contributed by atoms with van der Waals surface area (Å²) in [6.07, 6.45) is 4.91. The van der Waals surface area contributed by atoms with Crippen LogP contribution in [0.25, 0.3) is 0 Å². The van der Waals surface area contributed by atoms with Gasteiger partial charge in [0.25, 0.3) is 0 Å². The van der Waals surface area contributed by atoms with E-state index in [-0.39, 0.29) is 0 Å². The number of nitrogens with one attached hydrogen (secondary N) is 1. The lowest BCUT2D eigenvalue weighted by Gasteiger charge is -2.33. The minimum atomic E-state index is 0.561. The molecule has 5 nitrogen and oxygen atoms in total. The van der Waals surface area contributed by atoms with Crippen molar-refractivity contribution >= 4 is 6.01 Å². The number of piperidine rings is 1. The van der Waals surface area contributed by atoms with Crippen LogP contribution in [0.4, 0.5) is 6.01 Å². The van der Waals surface area contributed by atoms with Gasteiger partial charge in [-0.1, -0.05) is 25.9 Å². The number of aromatic nitrogens is 2. The number of hydrogen-bond donors (Lipinski definition) is 1. The van der Waals surface area contributed by atoms with Gasteiger partial charge in [0.2, 0.25) is 5.89 Å². The van der Waals surface area contributed by atoms with Gasteiger partial charge in [0.1, 0.15) is 0 Å². The van der Waals surface area contributed by atoms with Crippen molar-refractivity contribution in [3.63, 3.8) is 0 Å². The highest BCUT2D eigenvalue weighted by molar-refractivity contribution is 5.27. The zero-order valence-electron chi connectivity index (χ0n) is 12.4. The summed E-state index contributed by atoms with van der Waals surface area (Å²) in [5.74, 6) is 1.32. The molecule has 0 radical (unpaired) electrons. The van der Waals surface area contributed by atoms with E-state index >= 15 is 0 Å². The summed E-state index contributed by atoms with van der Waals surface area (Å²) in [5.41, 5.74) is 0. The number of nitrogens with zero attached hydrogens (tertiary/aromatic N) is 3. The second-order valence-corrected chi connectivity index (χ2v) is 5.75. The van der Waals surface area contributed by atoms with Gasteiger partial charge in [0.05, 0.1) is 6.54 Å². The Morgan fingerprint density at radius 3 is 2.95 bits per heavy atom. The molecule has 2 heterocycles. The molecule has 0 spiro atoms. The summed E-state index contributed by atoms with van der Waals surface area (Å²) in [6, 6.07) is 1.26. The molecule has 1 N–H and O–H groups in total. The molecule has 1 aliphatic heterocycles. The predicted octanol–water partition coefficient (Wildman–Crippen LogP) is 2.58. The van der Waals surface area contributed by atoms with E-state index in [1.165, 1.54) is 19.3 Å². The molecule has 0 aliphatic carbocycles. The van der Waals surface area contributed by atoms with E-state index in [0.717, 1.165) is 19.5 Å². The van der Waals surface area contributed by atoms with Crippen molar-refractivity contribution in [3.8, 4) is 0 Å². The third-order valence-corrected chi connectivity index (χ3v) is 3.63.